The molecule has 1 unspecified atom stereocenters. The lowest BCUT2D eigenvalue weighted by molar-refractivity contribution is -0.121. The van der Waals surface area contributed by atoms with Crippen LogP contribution in [-0.2, 0) is 4.79 Å². The number of rotatable bonds is 4. The fraction of sp³-hybridized carbons (Fsp3) is 0.333. The number of carbonyl (C=O) groups excluding carboxylic acids is 1. The summed E-state index contributed by atoms with van der Waals surface area (Å²) in [6.07, 6.45) is 3.82. The molecular formula is C15H17N3O2. The molecule has 1 saturated carbocycles. The van der Waals surface area contributed by atoms with E-state index in [2.05, 4.69) is 15.6 Å². The second-order valence-electron chi connectivity index (χ2n) is 5.21. The number of carbonyl (C=O) groups is 1. The smallest absolute Gasteiger partial charge is 0.242 e. The van der Waals surface area contributed by atoms with Crippen molar-refractivity contribution in [3.63, 3.8) is 0 Å². The number of fused-ring (bicyclic) bond motifs is 1. The van der Waals surface area contributed by atoms with Crippen molar-refractivity contribution < 1.29 is 9.90 Å². The van der Waals surface area contributed by atoms with Crippen molar-refractivity contribution >= 4 is 22.5 Å². The highest BCUT2D eigenvalue weighted by Crippen LogP contribution is 2.25. The van der Waals surface area contributed by atoms with Gasteiger partial charge in [0.1, 0.15) is 17.6 Å². The number of aromatic nitrogens is 1. The quantitative estimate of drug-likeness (QED) is 0.795. The van der Waals surface area contributed by atoms with Crippen molar-refractivity contribution in [2.45, 2.75) is 31.8 Å². The number of nitrogens with zero attached hydrogens (tertiary/aromatic N) is 1. The number of aromatic hydroxyl groups is 1. The summed E-state index contributed by atoms with van der Waals surface area (Å²) in [6, 6.07) is 6.96. The Hall–Kier alpha value is -2.30. The molecular weight excluding hydrogens is 254 g/mol. The number of hydrogen-bond donors (Lipinski definition) is 3. The number of phenolic OH excluding ortho intramolecular Hbond substituents is 1. The van der Waals surface area contributed by atoms with E-state index in [0.29, 0.717) is 11.9 Å². The molecule has 1 aliphatic rings. The van der Waals surface area contributed by atoms with E-state index in [4.69, 9.17) is 0 Å². The molecule has 20 heavy (non-hydrogen) atoms. The summed E-state index contributed by atoms with van der Waals surface area (Å²) in [7, 11) is 0. The summed E-state index contributed by atoms with van der Waals surface area (Å²) in [5, 5.41) is 17.4. The molecule has 1 amide bonds. The van der Waals surface area contributed by atoms with E-state index in [-0.39, 0.29) is 17.7 Å². The largest absolute Gasteiger partial charge is 0.508 e. The molecule has 1 heterocycles. The van der Waals surface area contributed by atoms with Crippen LogP contribution in [0.1, 0.15) is 19.8 Å². The van der Waals surface area contributed by atoms with Gasteiger partial charge >= 0.3 is 0 Å². The number of benzene rings is 1. The molecule has 0 spiro atoms. The lowest BCUT2D eigenvalue weighted by Gasteiger charge is -2.15. The first-order chi connectivity index (χ1) is 9.63. The molecule has 2 aromatic rings. The minimum Gasteiger partial charge on any atom is -0.508 e. The number of amides is 1. The summed E-state index contributed by atoms with van der Waals surface area (Å²) >= 11 is 0. The van der Waals surface area contributed by atoms with Gasteiger partial charge in [0.15, 0.2) is 0 Å². The van der Waals surface area contributed by atoms with E-state index < -0.39 is 0 Å². The molecule has 3 N–H and O–H groups in total. The van der Waals surface area contributed by atoms with E-state index in [0.717, 1.165) is 23.6 Å². The molecule has 1 aromatic heterocycles. The van der Waals surface area contributed by atoms with Gasteiger partial charge in [-0.1, -0.05) is 6.07 Å². The molecule has 1 atom stereocenters. The van der Waals surface area contributed by atoms with Crippen LogP contribution in [0, 0.1) is 0 Å². The summed E-state index contributed by atoms with van der Waals surface area (Å²) in [5.41, 5.74) is 0. The second kappa shape index (κ2) is 5.00. The van der Waals surface area contributed by atoms with Gasteiger partial charge in [0.25, 0.3) is 0 Å². The molecule has 5 nitrogen and oxygen atoms in total. The van der Waals surface area contributed by atoms with Gasteiger partial charge in [0, 0.05) is 17.6 Å². The van der Waals surface area contributed by atoms with Gasteiger partial charge in [-0.3, -0.25) is 4.79 Å². The third kappa shape index (κ3) is 2.66. The van der Waals surface area contributed by atoms with Crippen molar-refractivity contribution in [2.24, 2.45) is 0 Å². The molecule has 5 heteroatoms. The first-order valence-corrected chi connectivity index (χ1v) is 6.78. The molecule has 3 rings (SSSR count). The van der Waals surface area contributed by atoms with Crippen molar-refractivity contribution in [1.29, 1.82) is 0 Å². The minimum atomic E-state index is -0.365. The molecule has 0 radical (unpaired) electrons. The zero-order valence-corrected chi connectivity index (χ0v) is 11.3. The highest BCUT2D eigenvalue weighted by molar-refractivity contribution is 5.94. The SMILES string of the molecule is CC(Nc1nccc2ccc(O)cc12)C(=O)NC1CC1. The average Bonchev–Trinajstić information content (AvgIpc) is 3.23. The van der Waals surface area contributed by atoms with E-state index in [1.165, 1.54) is 0 Å². The fourth-order valence-electron chi connectivity index (χ4n) is 2.10. The normalized spacial score (nSPS) is 15.8. The van der Waals surface area contributed by atoms with Crippen LogP contribution in [0.5, 0.6) is 5.75 Å². The first kappa shape index (κ1) is 12.7. The van der Waals surface area contributed by atoms with Gasteiger partial charge in [0.05, 0.1) is 0 Å². The predicted octanol–water partition coefficient (Wildman–Crippen LogP) is 2.02. The molecule has 0 bridgehead atoms. The summed E-state index contributed by atoms with van der Waals surface area (Å²) in [4.78, 5) is 16.2. The van der Waals surface area contributed by atoms with E-state index in [9.17, 15) is 9.90 Å². The zero-order chi connectivity index (χ0) is 14.1. The predicted molar refractivity (Wildman–Crippen MR) is 77.7 cm³/mol. The Kier molecular flexibility index (Phi) is 3.18. The highest BCUT2D eigenvalue weighted by Gasteiger charge is 2.25. The number of nitrogens with one attached hydrogen (secondary N) is 2. The van der Waals surface area contributed by atoms with Crippen LogP contribution in [0.4, 0.5) is 5.82 Å². The van der Waals surface area contributed by atoms with Crippen molar-refractivity contribution in [2.75, 3.05) is 5.32 Å². The summed E-state index contributed by atoms with van der Waals surface area (Å²) in [5.74, 6) is 0.770. The van der Waals surface area contributed by atoms with Gasteiger partial charge in [-0.05, 0) is 43.4 Å². The van der Waals surface area contributed by atoms with Crippen LogP contribution < -0.4 is 10.6 Å². The van der Waals surface area contributed by atoms with Gasteiger partial charge < -0.3 is 15.7 Å². The monoisotopic (exact) mass is 271 g/mol. The Morgan fingerprint density at radius 2 is 2.20 bits per heavy atom. The van der Waals surface area contributed by atoms with E-state index in [1.54, 1.807) is 25.3 Å². The van der Waals surface area contributed by atoms with Crippen LogP contribution in [0.3, 0.4) is 0 Å². The Bertz CT molecular complexity index is 653. The molecule has 104 valence electrons. The maximum atomic E-state index is 12.0. The van der Waals surface area contributed by atoms with Crippen LogP contribution in [0.15, 0.2) is 30.5 Å². The van der Waals surface area contributed by atoms with Crippen LogP contribution in [0.25, 0.3) is 10.8 Å². The van der Waals surface area contributed by atoms with Gasteiger partial charge in [-0.15, -0.1) is 0 Å². The van der Waals surface area contributed by atoms with E-state index in [1.807, 2.05) is 12.1 Å². The fourth-order valence-corrected chi connectivity index (χ4v) is 2.10. The molecule has 1 aromatic carbocycles. The van der Waals surface area contributed by atoms with Gasteiger partial charge in [-0.25, -0.2) is 4.98 Å². The Morgan fingerprint density at radius 1 is 1.40 bits per heavy atom. The molecule has 0 saturated heterocycles. The van der Waals surface area contributed by atoms with E-state index >= 15 is 0 Å². The molecule has 0 aliphatic heterocycles. The minimum absolute atomic E-state index is 0.0218. The Morgan fingerprint density at radius 3 is 2.95 bits per heavy atom. The van der Waals surface area contributed by atoms with Crippen molar-refractivity contribution in [3.05, 3.63) is 30.5 Å². The summed E-state index contributed by atoms with van der Waals surface area (Å²) in [6.45, 7) is 1.81. The lowest BCUT2D eigenvalue weighted by atomic mass is 10.1. The number of anilines is 1. The highest BCUT2D eigenvalue weighted by atomic mass is 16.3. The maximum Gasteiger partial charge on any atom is 0.242 e. The second-order valence-corrected chi connectivity index (χ2v) is 5.21. The third-order valence-electron chi connectivity index (χ3n) is 3.42. The first-order valence-electron chi connectivity index (χ1n) is 6.78. The van der Waals surface area contributed by atoms with Gasteiger partial charge in [0.2, 0.25) is 5.91 Å². The summed E-state index contributed by atoms with van der Waals surface area (Å²) < 4.78 is 0. The van der Waals surface area contributed by atoms with Crippen molar-refractivity contribution in [3.8, 4) is 5.75 Å². The lowest BCUT2D eigenvalue weighted by Crippen LogP contribution is -2.38. The van der Waals surface area contributed by atoms with Crippen LogP contribution >= 0.6 is 0 Å². The maximum absolute atomic E-state index is 12.0. The average molecular weight is 271 g/mol. The number of hydrogen-bond acceptors (Lipinski definition) is 4. The standard InChI is InChI=1S/C15H17N3O2/c1-9(15(20)18-11-3-4-11)17-14-13-8-12(19)5-2-10(13)6-7-16-14/h2,5-9,11,19H,3-4H2,1H3,(H,16,17)(H,18,20). The van der Waals surface area contributed by atoms with Gasteiger partial charge in [-0.2, -0.15) is 0 Å². The third-order valence-corrected chi connectivity index (χ3v) is 3.42. The van der Waals surface area contributed by atoms with Crippen molar-refractivity contribution in [1.82, 2.24) is 10.3 Å². The Labute approximate surface area is 117 Å². The Balaban J connectivity index is 1.82. The van der Waals surface area contributed by atoms with Crippen LogP contribution in [-0.4, -0.2) is 28.1 Å². The zero-order valence-electron chi connectivity index (χ0n) is 11.3. The number of pyridine rings is 1. The molecule has 1 fully saturated rings. The van der Waals surface area contributed by atoms with Crippen LogP contribution in [0.2, 0.25) is 0 Å². The number of phenols is 1. The topological polar surface area (TPSA) is 74.2 Å². The molecule has 1 aliphatic carbocycles.